The van der Waals surface area contributed by atoms with Crippen molar-refractivity contribution in [2.24, 2.45) is 0 Å². The third-order valence-electron chi connectivity index (χ3n) is 4.94. The van der Waals surface area contributed by atoms with Crippen molar-refractivity contribution in [2.75, 3.05) is 13.2 Å². The summed E-state index contributed by atoms with van der Waals surface area (Å²) in [5.74, 6) is 0. The van der Waals surface area contributed by atoms with Crippen LogP contribution in [0.3, 0.4) is 0 Å². The first-order chi connectivity index (χ1) is 11.8. The zero-order valence-corrected chi connectivity index (χ0v) is 13.4. The van der Waals surface area contributed by atoms with E-state index >= 15 is 0 Å². The summed E-state index contributed by atoms with van der Waals surface area (Å²) in [6, 6.07) is 16.5. The SMILES string of the molecule is N#Cc1c(CN2CCc3ccccc3C2CO)cn2ccccc12. The molecule has 3 heterocycles. The van der Waals surface area contributed by atoms with Gasteiger partial charge in [0.15, 0.2) is 0 Å². The van der Waals surface area contributed by atoms with Gasteiger partial charge in [-0.25, -0.2) is 0 Å². The number of nitriles is 1. The quantitative estimate of drug-likeness (QED) is 0.808. The number of hydrogen-bond donors (Lipinski definition) is 1. The third kappa shape index (κ3) is 2.39. The second-order valence-electron chi connectivity index (χ2n) is 6.25. The number of hydrogen-bond acceptors (Lipinski definition) is 3. The largest absolute Gasteiger partial charge is 0.394 e. The Balaban J connectivity index is 1.70. The Kier molecular flexibility index (Phi) is 3.81. The van der Waals surface area contributed by atoms with Crippen molar-refractivity contribution in [2.45, 2.75) is 19.0 Å². The minimum Gasteiger partial charge on any atom is -0.394 e. The summed E-state index contributed by atoms with van der Waals surface area (Å²) in [6.45, 7) is 1.65. The lowest BCUT2D eigenvalue weighted by Crippen LogP contribution is -2.36. The zero-order chi connectivity index (χ0) is 16.5. The highest BCUT2D eigenvalue weighted by atomic mass is 16.3. The van der Waals surface area contributed by atoms with E-state index in [0.717, 1.165) is 29.6 Å². The molecule has 0 bridgehead atoms. The molecule has 3 aromatic rings. The van der Waals surface area contributed by atoms with Gasteiger partial charge in [-0.1, -0.05) is 30.3 Å². The van der Waals surface area contributed by atoms with Crippen molar-refractivity contribution in [3.8, 4) is 6.07 Å². The maximum absolute atomic E-state index is 9.94. The Morgan fingerprint density at radius 1 is 1.17 bits per heavy atom. The highest BCUT2D eigenvalue weighted by Crippen LogP contribution is 2.31. The molecule has 0 spiro atoms. The molecular weight excluding hydrogens is 298 g/mol. The number of aliphatic hydroxyl groups excluding tert-OH is 1. The number of nitrogens with zero attached hydrogens (tertiary/aromatic N) is 3. The third-order valence-corrected chi connectivity index (χ3v) is 4.94. The predicted octanol–water partition coefficient (Wildman–Crippen LogP) is 2.90. The van der Waals surface area contributed by atoms with Gasteiger partial charge in [0.2, 0.25) is 0 Å². The predicted molar refractivity (Wildman–Crippen MR) is 92.5 cm³/mol. The Morgan fingerprint density at radius 2 is 2.00 bits per heavy atom. The standard InChI is InChI=1S/C20H19N3O/c21-11-18-16(12-22-9-4-3-7-19(18)22)13-23-10-8-15-5-1-2-6-17(15)20(23)14-24/h1-7,9,12,20,24H,8,10,13-14H2. The second kappa shape index (κ2) is 6.12. The van der Waals surface area contributed by atoms with Gasteiger partial charge in [0, 0.05) is 31.0 Å². The van der Waals surface area contributed by atoms with Crippen molar-refractivity contribution in [1.29, 1.82) is 5.26 Å². The van der Waals surface area contributed by atoms with Crippen molar-refractivity contribution in [3.63, 3.8) is 0 Å². The van der Waals surface area contributed by atoms with Gasteiger partial charge >= 0.3 is 0 Å². The van der Waals surface area contributed by atoms with E-state index in [-0.39, 0.29) is 12.6 Å². The minimum atomic E-state index is -0.00972. The van der Waals surface area contributed by atoms with E-state index in [4.69, 9.17) is 0 Å². The van der Waals surface area contributed by atoms with Gasteiger partial charge in [-0.05, 0) is 29.7 Å². The Labute approximate surface area is 141 Å². The van der Waals surface area contributed by atoms with Crippen LogP contribution >= 0.6 is 0 Å². The fraction of sp³-hybridized carbons (Fsp3) is 0.250. The molecule has 4 rings (SSSR count). The molecule has 0 saturated carbocycles. The molecule has 0 aliphatic carbocycles. The molecule has 1 aliphatic rings. The first-order valence-corrected chi connectivity index (χ1v) is 8.23. The van der Waals surface area contributed by atoms with Crippen molar-refractivity contribution < 1.29 is 5.11 Å². The molecule has 2 aromatic heterocycles. The van der Waals surface area contributed by atoms with Crippen LogP contribution in [0.1, 0.15) is 28.3 Å². The van der Waals surface area contributed by atoms with Crippen molar-refractivity contribution >= 4 is 5.52 Å². The fourth-order valence-electron chi connectivity index (χ4n) is 3.75. The molecule has 0 fully saturated rings. The average Bonchev–Trinajstić information content (AvgIpc) is 2.98. The van der Waals surface area contributed by atoms with Crippen LogP contribution in [-0.2, 0) is 13.0 Å². The molecule has 0 amide bonds. The second-order valence-corrected chi connectivity index (χ2v) is 6.25. The lowest BCUT2D eigenvalue weighted by atomic mass is 9.92. The van der Waals surface area contributed by atoms with Crippen LogP contribution in [0.5, 0.6) is 0 Å². The zero-order valence-electron chi connectivity index (χ0n) is 13.4. The van der Waals surface area contributed by atoms with Gasteiger partial charge in [0.05, 0.1) is 23.7 Å². The average molecular weight is 317 g/mol. The lowest BCUT2D eigenvalue weighted by Gasteiger charge is -2.36. The van der Waals surface area contributed by atoms with Crippen molar-refractivity contribution in [3.05, 3.63) is 77.1 Å². The molecule has 120 valence electrons. The smallest absolute Gasteiger partial charge is 0.102 e. The molecule has 24 heavy (non-hydrogen) atoms. The van der Waals surface area contributed by atoms with Crippen molar-refractivity contribution in [1.82, 2.24) is 9.30 Å². The van der Waals surface area contributed by atoms with E-state index in [0.29, 0.717) is 6.54 Å². The molecule has 1 atom stereocenters. The number of aliphatic hydroxyl groups is 1. The van der Waals surface area contributed by atoms with Gasteiger partial charge in [0.25, 0.3) is 0 Å². The van der Waals surface area contributed by atoms with Crippen LogP contribution in [0.15, 0.2) is 54.9 Å². The number of fused-ring (bicyclic) bond motifs is 2. The number of aromatic nitrogens is 1. The lowest BCUT2D eigenvalue weighted by molar-refractivity contribution is 0.108. The topological polar surface area (TPSA) is 51.7 Å². The highest BCUT2D eigenvalue weighted by molar-refractivity contribution is 5.65. The molecule has 1 unspecified atom stereocenters. The fourth-order valence-corrected chi connectivity index (χ4v) is 3.75. The molecule has 1 aliphatic heterocycles. The summed E-state index contributed by atoms with van der Waals surface area (Å²) in [6.07, 6.45) is 4.97. The van der Waals surface area contributed by atoms with E-state index in [1.54, 1.807) is 0 Å². The maximum Gasteiger partial charge on any atom is 0.102 e. The van der Waals surface area contributed by atoms with Gasteiger partial charge in [-0.3, -0.25) is 4.90 Å². The Bertz CT molecular complexity index is 922. The summed E-state index contributed by atoms with van der Waals surface area (Å²) in [5.41, 5.74) is 5.20. The van der Waals surface area contributed by atoms with Crippen LogP contribution < -0.4 is 0 Å². The molecule has 4 nitrogen and oxygen atoms in total. The normalized spacial score (nSPS) is 17.6. The number of benzene rings is 1. The van der Waals surface area contributed by atoms with E-state index in [2.05, 4.69) is 29.2 Å². The van der Waals surface area contributed by atoms with Gasteiger partial charge in [-0.2, -0.15) is 5.26 Å². The Hall–Kier alpha value is -2.61. The van der Waals surface area contributed by atoms with E-state index in [9.17, 15) is 10.4 Å². The molecule has 4 heteroatoms. The summed E-state index contributed by atoms with van der Waals surface area (Å²) in [5, 5.41) is 19.5. The van der Waals surface area contributed by atoms with Crippen LogP contribution in [0.25, 0.3) is 5.52 Å². The van der Waals surface area contributed by atoms with Crippen LogP contribution in [0.2, 0.25) is 0 Å². The van der Waals surface area contributed by atoms with E-state index in [1.807, 2.05) is 41.1 Å². The molecular formula is C20H19N3O. The van der Waals surface area contributed by atoms with Gasteiger partial charge < -0.3 is 9.51 Å². The number of rotatable bonds is 3. The Morgan fingerprint density at radius 3 is 2.83 bits per heavy atom. The first-order valence-electron chi connectivity index (χ1n) is 8.23. The van der Waals surface area contributed by atoms with E-state index < -0.39 is 0 Å². The van der Waals surface area contributed by atoms with Gasteiger partial charge in [0.1, 0.15) is 6.07 Å². The summed E-state index contributed by atoms with van der Waals surface area (Å²) in [7, 11) is 0. The van der Waals surface area contributed by atoms with Crippen LogP contribution in [-0.4, -0.2) is 27.6 Å². The van der Waals surface area contributed by atoms with E-state index in [1.165, 1.54) is 11.1 Å². The summed E-state index contributed by atoms with van der Waals surface area (Å²) < 4.78 is 2.00. The molecule has 0 saturated heterocycles. The molecule has 1 N–H and O–H groups in total. The summed E-state index contributed by atoms with van der Waals surface area (Å²) in [4.78, 5) is 2.28. The minimum absolute atomic E-state index is 0.00972. The molecule has 1 aromatic carbocycles. The highest BCUT2D eigenvalue weighted by Gasteiger charge is 2.27. The van der Waals surface area contributed by atoms with Gasteiger partial charge in [-0.15, -0.1) is 0 Å². The van der Waals surface area contributed by atoms with Crippen LogP contribution in [0.4, 0.5) is 0 Å². The molecule has 0 radical (unpaired) electrons. The first kappa shape index (κ1) is 14.9. The van der Waals surface area contributed by atoms with Crippen LogP contribution in [0, 0.1) is 11.3 Å². The number of pyridine rings is 1. The maximum atomic E-state index is 9.94. The monoisotopic (exact) mass is 317 g/mol. The summed E-state index contributed by atoms with van der Waals surface area (Å²) >= 11 is 0.